The van der Waals surface area contributed by atoms with Crippen LogP contribution in [0, 0.1) is 3.57 Å². The van der Waals surface area contributed by atoms with E-state index in [1.807, 2.05) is 0 Å². The maximum absolute atomic E-state index is 12.1. The van der Waals surface area contributed by atoms with Gasteiger partial charge in [0.1, 0.15) is 0 Å². The minimum atomic E-state index is -3.54. The molecule has 0 aromatic heterocycles. The lowest BCUT2D eigenvalue weighted by molar-refractivity contribution is 0.581. The summed E-state index contributed by atoms with van der Waals surface area (Å²) in [5.41, 5.74) is 0.705. The molecule has 0 aliphatic rings. The van der Waals surface area contributed by atoms with E-state index in [1.54, 1.807) is 42.5 Å². The molecule has 1 N–H and O–H groups in total. The van der Waals surface area contributed by atoms with E-state index in [9.17, 15) is 8.42 Å². The standard InChI is InChI=1S/C13H10Cl2INO2S/c14-10-5-9(6-11(15)7-10)8-17-20(18,19)13-3-1-12(16)2-4-13/h1-7,17H,8H2. The Labute approximate surface area is 141 Å². The average molecular weight is 442 g/mol. The van der Waals surface area contributed by atoms with Crippen LogP contribution in [0.25, 0.3) is 0 Å². The van der Waals surface area contributed by atoms with Gasteiger partial charge in [-0.25, -0.2) is 13.1 Å². The molecule has 0 aliphatic heterocycles. The molecule has 0 saturated carbocycles. The second-order valence-electron chi connectivity index (χ2n) is 4.06. The summed E-state index contributed by atoms with van der Waals surface area (Å²) in [6.07, 6.45) is 0. The molecule has 0 bridgehead atoms. The monoisotopic (exact) mass is 441 g/mol. The summed E-state index contributed by atoms with van der Waals surface area (Å²) in [6.45, 7) is 0.134. The molecule has 3 nitrogen and oxygen atoms in total. The van der Waals surface area contributed by atoms with Gasteiger partial charge in [0, 0.05) is 20.2 Å². The summed E-state index contributed by atoms with van der Waals surface area (Å²) in [5, 5.41) is 0.946. The van der Waals surface area contributed by atoms with Gasteiger partial charge in [-0.2, -0.15) is 0 Å². The average Bonchev–Trinajstić information content (AvgIpc) is 2.36. The third kappa shape index (κ3) is 4.33. The van der Waals surface area contributed by atoms with Crippen LogP contribution in [0.5, 0.6) is 0 Å². The normalized spacial score (nSPS) is 11.6. The van der Waals surface area contributed by atoms with Gasteiger partial charge in [0.25, 0.3) is 0 Å². The first-order chi connectivity index (χ1) is 9.37. The lowest BCUT2D eigenvalue weighted by atomic mass is 10.2. The molecule has 0 atom stereocenters. The van der Waals surface area contributed by atoms with Crippen molar-refractivity contribution < 1.29 is 8.42 Å². The van der Waals surface area contributed by atoms with Gasteiger partial charge >= 0.3 is 0 Å². The molecular weight excluding hydrogens is 432 g/mol. The molecule has 0 amide bonds. The highest BCUT2D eigenvalue weighted by molar-refractivity contribution is 14.1. The predicted octanol–water partition coefficient (Wildman–Crippen LogP) is 4.08. The highest BCUT2D eigenvalue weighted by Crippen LogP contribution is 2.19. The summed E-state index contributed by atoms with van der Waals surface area (Å²) in [4.78, 5) is 0.228. The molecule has 2 aromatic carbocycles. The Hall–Kier alpha value is -0.340. The van der Waals surface area contributed by atoms with Crippen LogP contribution in [0.15, 0.2) is 47.4 Å². The predicted molar refractivity (Wildman–Crippen MR) is 89.6 cm³/mol. The van der Waals surface area contributed by atoms with E-state index in [2.05, 4.69) is 27.3 Å². The largest absolute Gasteiger partial charge is 0.240 e. The van der Waals surface area contributed by atoms with Crippen LogP contribution in [0.4, 0.5) is 0 Å². The second kappa shape index (κ2) is 6.62. The second-order valence-corrected chi connectivity index (χ2v) is 7.94. The Morgan fingerprint density at radius 1 is 1.00 bits per heavy atom. The van der Waals surface area contributed by atoms with Crippen molar-refractivity contribution in [3.8, 4) is 0 Å². The number of hydrogen-bond donors (Lipinski definition) is 1. The van der Waals surface area contributed by atoms with Crippen molar-refractivity contribution in [3.05, 3.63) is 61.6 Å². The van der Waals surface area contributed by atoms with Crippen LogP contribution in [0.1, 0.15) is 5.56 Å². The van der Waals surface area contributed by atoms with E-state index < -0.39 is 10.0 Å². The highest BCUT2D eigenvalue weighted by Gasteiger charge is 2.13. The van der Waals surface area contributed by atoms with Crippen molar-refractivity contribution in [2.75, 3.05) is 0 Å². The van der Waals surface area contributed by atoms with E-state index in [1.165, 1.54) is 0 Å². The lowest BCUT2D eigenvalue weighted by Crippen LogP contribution is -2.23. The van der Waals surface area contributed by atoms with Crippen molar-refractivity contribution in [2.45, 2.75) is 11.4 Å². The fourth-order valence-electron chi connectivity index (χ4n) is 1.59. The van der Waals surface area contributed by atoms with Gasteiger partial charge in [-0.15, -0.1) is 0 Å². The van der Waals surface area contributed by atoms with Crippen LogP contribution in [-0.4, -0.2) is 8.42 Å². The maximum atomic E-state index is 12.1. The Morgan fingerprint density at radius 3 is 2.10 bits per heavy atom. The van der Waals surface area contributed by atoms with Crippen LogP contribution >= 0.6 is 45.8 Å². The molecule has 0 heterocycles. The van der Waals surface area contributed by atoms with Crippen molar-refractivity contribution in [1.82, 2.24) is 4.72 Å². The Morgan fingerprint density at radius 2 is 1.55 bits per heavy atom. The van der Waals surface area contributed by atoms with Crippen molar-refractivity contribution >= 4 is 55.8 Å². The molecular formula is C13H10Cl2INO2S. The summed E-state index contributed by atoms with van der Waals surface area (Å²) < 4.78 is 27.7. The highest BCUT2D eigenvalue weighted by atomic mass is 127. The molecule has 0 fully saturated rings. The molecule has 0 aliphatic carbocycles. The summed E-state index contributed by atoms with van der Waals surface area (Å²) >= 11 is 13.9. The fraction of sp³-hybridized carbons (Fsp3) is 0.0769. The molecule has 2 rings (SSSR count). The third-order valence-corrected chi connectivity index (χ3v) is 5.09. The molecule has 0 spiro atoms. The quantitative estimate of drug-likeness (QED) is 0.726. The van der Waals surface area contributed by atoms with Crippen LogP contribution in [0.3, 0.4) is 0 Å². The SMILES string of the molecule is O=S(=O)(NCc1cc(Cl)cc(Cl)c1)c1ccc(I)cc1. The van der Waals surface area contributed by atoms with Gasteiger partial charge in [-0.1, -0.05) is 23.2 Å². The zero-order valence-corrected chi connectivity index (χ0v) is 14.6. The van der Waals surface area contributed by atoms with Crippen molar-refractivity contribution in [2.24, 2.45) is 0 Å². The van der Waals surface area contributed by atoms with Gasteiger partial charge in [0.05, 0.1) is 4.90 Å². The van der Waals surface area contributed by atoms with E-state index >= 15 is 0 Å². The topological polar surface area (TPSA) is 46.2 Å². The van der Waals surface area contributed by atoms with Crippen LogP contribution < -0.4 is 4.72 Å². The zero-order chi connectivity index (χ0) is 14.8. The first-order valence-corrected chi connectivity index (χ1v) is 8.89. The van der Waals surface area contributed by atoms with Crippen molar-refractivity contribution in [3.63, 3.8) is 0 Å². The smallest absolute Gasteiger partial charge is 0.207 e. The summed E-state index contributed by atoms with van der Waals surface area (Å²) in [5.74, 6) is 0. The van der Waals surface area contributed by atoms with E-state index in [0.29, 0.717) is 15.6 Å². The number of nitrogens with one attached hydrogen (secondary N) is 1. The lowest BCUT2D eigenvalue weighted by Gasteiger charge is -2.08. The Bertz CT molecular complexity index is 697. The number of hydrogen-bond acceptors (Lipinski definition) is 2. The van der Waals surface area contributed by atoms with E-state index in [-0.39, 0.29) is 11.4 Å². The number of halogens is 3. The maximum Gasteiger partial charge on any atom is 0.240 e. The molecule has 0 unspecified atom stereocenters. The summed E-state index contributed by atoms with van der Waals surface area (Å²) in [6, 6.07) is 11.6. The number of rotatable bonds is 4. The molecule has 20 heavy (non-hydrogen) atoms. The summed E-state index contributed by atoms with van der Waals surface area (Å²) in [7, 11) is -3.54. The first-order valence-electron chi connectivity index (χ1n) is 5.57. The van der Waals surface area contributed by atoms with Gasteiger partial charge in [-0.05, 0) is 70.6 Å². The molecule has 2 aromatic rings. The van der Waals surface area contributed by atoms with Gasteiger partial charge in [0.2, 0.25) is 10.0 Å². The number of sulfonamides is 1. The molecule has 106 valence electrons. The number of benzene rings is 2. The molecule has 0 saturated heterocycles. The van der Waals surface area contributed by atoms with Gasteiger partial charge < -0.3 is 0 Å². The minimum absolute atomic E-state index is 0.134. The molecule has 0 radical (unpaired) electrons. The third-order valence-electron chi connectivity index (χ3n) is 2.51. The Balaban J connectivity index is 2.15. The van der Waals surface area contributed by atoms with Crippen molar-refractivity contribution in [1.29, 1.82) is 0 Å². The Kier molecular flexibility index (Phi) is 5.30. The first kappa shape index (κ1) is 16.0. The van der Waals surface area contributed by atoms with Gasteiger partial charge in [-0.3, -0.25) is 0 Å². The fourth-order valence-corrected chi connectivity index (χ4v) is 3.54. The van der Waals surface area contributed by atoms with Crippen LogP contribution in [-0.2, 0) is 16.6 Å². The minimum Gasteiger partial charge on any atom is -0.207 e. The van der Waals surface area contributed by atoms with E-state index in [4.69, 9.17) is 23.2 Å². The van der Waals surface area contributed by atoms with Gasteiger partial charge in [0.15, 0.2) is 0 Å². The van der Waals surface area contributed by atoms with Crippen LogP contribution in [0.2, 0.25) is 10.0 Å². The zero-order valence-electron chi connectivity index (χ0n) is 10.1. The molecule has 7 heteroatoms. The van der Waals surface area contributed by atoms with E-state index in [0.717, 1.165) is 3.57 Å².